The summed E-state index contributed by atoms with van der Waals surface area (Å²) in [6.07, 6.45) is 0.607. The Hall–Kier alpha value is -3.13. The lowest BCUT2D eigenvalue weighted by Gasteiger charge is -2.18. The second kappa shape index (κ2) is 9.58. The highest BCUT2D eigenvalue weighted by molar-refractivity contribution is 8.00. The number of hydrogen-bond donors (Lipinski definition) is 2. The summed E-state index contributed by atoms with van der Waals surface area (Å²) in [5.74, 6) is 0.127. The van der Waals surface area contributed by atoms with E-state index in [0.717, 1.165) is 22.4 Å². The fourth-order valence-electron chi connectivity index (χ4n) is 2.98. The number of benzene rings is 2. The number of nitrogens with one attached hydrogen (secondary N) is 1. The molecule has 0 unspecified atom stereocenters. The van der Waals surface area contributed by atoms with E-state index in [9.17, 15) is 9.59 Å². The number of anilines is 1. The maximum Gasteiger partial charge on any atom is 0.242 e. The van der Waals surface area contributed by atoms with Gasteiger partial charge in [0.05, 0.1) is 0 Å². The molecule has 3 N–H and O–H groups in total. The molecule has 0 aliphatic carbocycles. The number of nitrogens with two attached hydrogens (primary N) is 1. The summed E-state index contributed by atoms with van der Waals surface area (Å²) < 4.78 is 1.80. The monoisotopic (exact) mass is 423 g/mol. The van der Waals surface area contributed by atoms with Crippen LogP contribution in [0.15, 0.2) is 53.7 Å². The van der Waals surface area contributed by atoms with Crippen LogP contribution >= 0.6 is 11.8 Å². The molecular formula is C22H25N5O2S. The standard InChI is InChI=1S/C22H25N5O2S/c1-14-9-10-15(2)17(13-14)24-21(29)20(16-7-5-4-6-8-16)30-22-26-25-19(27(22)3)12-11-18(23)28/h4-10,13,20H,11-12H2,1-3H3,(H2,23,28)(H,24,29)/t20-/m0/s1. The lowest BCUT2D eigenvalue weighted by Crippen LogP contribution is -2.20. The van der Waals surface area contributed by atoms with Gasteiger partial charge in [-0.25, -0.2) is 0 Å². The van der Waals surface area contributed by atoms with Gasteiger partial charge in [-0.15, -0.1) is 10.2 Å². The summed E-state index contributed by atoms with van der Waals surface area (Å²) in [7, 11) is 1.82. The molecule has 0 saturated carbocycles. The second-order valence-electron chi connectivity index (χ2n) is 7.14. The highest BCUT2D eigenvalue weighted by atomic mass is 32.2. The first kappa shape index (κ1) is 21.6. The molecule has 0 radical (unpaired) electrons. The van der Waals surface area contributed by atoms with Crippen molar-refractivity contribution in [2.75, 3.05) is 5.32 Å². The largest absolute Gasteiger partial charge is 0.370 e. The summed E-state index contributed by atoms with van der Waals surface area (Å²) >= 11 is 1.32. The van der Waals surface area contributed by atoms with Crippen molar-refractivity contribution >= 4 is 29.3 Å². The molecule has 0 fully saturated rings. The van der Waals surface area contributed by atoms with Crippen LogP contribution in [0.2, 0.25) is 0 Å². The number of amides is 2. The summed E-state index contributed by atoms with van der Waals surface area (Å²) in [6, 6.07) is 15.5. The third-order valence-electron chi connectivity index (χ3n) is 4.73. The van der Waals surface area contributed by atoms with Gasteiger partial charge in [0.2, 0.25) is 11.8 Å². The van der Waals surface area contributed by atoms with Crippen molar-refractivity contribution in [3.63, 3.8) is 0 Å². The first-order chi connectivity index (χ1) is 14.3. The first-order valence-electron chi connectivity index (χ1n) is 9.61. The molecule has 7 nitrogen and oxygen atoms in total. The molecule has 1 aromatic heterocycles. The lowest BCUT2D eigenvalue weighted by atomic mass is 10.1. The van der Waals surface area contributed by atoms with Crippen molar-refractivity contribution in [1.29, 1.82) is 0 Å². The Bertz CT molecular complexity index is 1050. The molecule has 1 heterocycles. The molecule has 156 valence electrons. The molecule has 8 heteroatoms. The zero-order valence-electron chi connectivity index (χ0n) is 17.3. The number of aromatic nitrogens is 3. The molecule has 2 aromatic carbocycles. The summed E-state index contributed by atoms with van der Waals surface area (Å²) in [6.45, 7) is 3.96. The quantitative estimate of drug-likeness (QED) is 0.541. The third-order valence-corrected chi connectivity index (χ3v) is 6.02. The molecule has 1 atom stereocenters. The van der Waals surface area contributed by atoms with E-state index in [1.807, 2.05) is 69.4 Å². The van der Waals surface area contributed by atoms with Gasteiger partial charge in [-0.1, -0.05) is 54.2 Å². The smallest absolute Gasteiger partial charge is 0.242 e. The van der Waals surface area contributed by atoms with Crippen LogP contribution in [0.1, 0.15) is 34.2 Å². The van der Waals surface area contributed by atoms with Crippen LogP contribution in [0.5, 0.6) is 0 Å². The van der Waals surface area contributed by atoms with E-state index < -0.39 is 5.25 Å². The van der Waals surface area contributed by atoms with E-state index in [0.29, 0.717) is 17.4 Å². The Labute approximate surface area is 180 Å². The fraction of sp³-hybridized carbons (Fsp3) is 0.273. The van der Waals surface area contributed by atoms with E-state index in [1.54, 1.807) is 4.57 Å². The molecule has 2 amide bonds. The van der Waals surface area contributed by atoms with Gasteiger partial charge in [0, 0.05) is 25.6 Å². The van der Waals surface area contributed by atoms with Crippen LogP contribution in [0, 0.1) is 13.8 Å². The topological polar surface area (TPSA) is 103 Å². The molecular weight excluding hydrogens is 398 g/mol. The van der Waals surface area contributed by atoms with Crippen molar-refractivity contribution in [3.8, 4) is 0 Å². The van der Waals surface area contributed by atoms with Crippen LogP contribution in [0.25, 0.3) is 0 Å². The zero-order chi connectivity index (χ0) is 21.7. The minimum atomic E-state index is -0.516. The van der Waals surface area contributed by atoms with Crippen LogP contribution in [-0.2, 0) is 23.1 Å². The van der Waals surface area contributed by atoms with Gasteiger partial charge in [-0.3, -0.25) is 9.59 Å². The molecule has 0 saturated heterocycles. The van der Waals surface area contributed by atoms with Crippen molar-refractivity contribution in [2.45, 2.75) is 37.1 Å². The average Bonchev–Trinajstić information content (AvgIpc) is 3.07. The minimum Gasteiger partial charge on any atom is -0.370 e. The molecule has 30 heavy (non-hydrogen) atoms. The number of carbonyl (C=O) groups is 2. The lowest BCUT2D eigenvalue weighted by molar-refractivity contribution is -0.118. The van der Waals surface area contributed by atoms with E-state index in [-0.39, 0.29) is 18.2 Å². The van der Waals surface area contributed by atoms with Crippen molar-refractivity contribution in [1.82, 2.24) is 14.8 Å². The van der Waals surface area contributed by atoms with E-state index in [1.165, 1.54) is 11.8 Å². The van der Waals surface area contributed by atoms with Gasteiger partial charge in [0.15, 0.2) is 5.16 Å². The molecule has 0 aliphatic rings. The van der Waals surface area contributed by atoms with Gasteiger partial charge in [-0.05, 0) is 36.6 Å². The Balaban J connectivity index is 1.86. The van der Waals surface area contributed by atoms with E-state index in [2.05, 4.69) is 15.5 Å². The predicted molar refractivity (Wildman–Crippen MR) is 118 cm³/mol. The van der Waals surface area contributed by atoms with Crippen LogP contribution in [-0.4, -0.2) is 26.6 Å². The van der Waals surface area contributed by atoms with Gasteiger partial charge >= 0.3 is 0 Å². The third kappa shape index (κ3) is 5.27. The van der Waals surface area contributed by atoms with Crippen LogP contribution in [0.3, 0.4) is 0 Å². The van der Waals surface area contributed by atoms with E-state index >= 15 is 0 Å². The van der Waals surface area contributed by atoms with Crippen molar-refractivity contribution in [3.05, 3.63) is 71.0 Å². The molecule has 3 aromatic rings. The van der Waals surface area contributed by atoms with E-state index in [4.69, 9.17) is 5.73 Å². The summed E-state index contributed by atoms with van der Waals surface area (Å²) in [5, 5.41) is 11.5. The zero-order valence-corrected chi connectivity index (χ0v) is 18.1. The number of aryl methyl sites for hydroxylation is 3. The van der Waals surface area contributed by atoms with Gasteiger partial charge < -0.3 is 15.6 Å². The van der Waals surface area contributed by atoms with Crippen LogP contribution in [0.4, 0.5) is 5.69 Å². The SMILES string of the molecule is Cc1ccc(C)c(NC(=O)[C@@H](Sc2nnc(CCC(N)=O)n2C)c2ccccc2)c1. The number of rotatable bonds is 8. The average molecular weight is 424 g/mol. The number of nitrogens with zero attached hydrogens (tertiary/aromatic N) is 3. The Morgan fingerprint density at radius 1 is 1.13 bits per heavy atom. The minimum absolute atomic E-state index is 0.137. The number of thioether (sulfide) groups is 1. The Morgan fingerprint density at radius 3 is 2.57 bits per heavy atom. The highest BCUT2D eigenvalue weighted by Crippen LogP contribution is 2.35. The maximum absolute atomic E-state index is 13.3. The summed E-state index contributed by atoms with van der Waals surface area (Å²) in [5.41, 5.74) is 8.97. The molecule has 0 bridgehead atoms. The van der Waals surface area contributed by atoms with Gasteiger partial charge in [0.1, 0.15) is 11.1 Å². The van der Waals surface area contributed by atoms with Crippen molar-refractivity contribution in [2.24, 2.45) is 12.8 Å². The Kier molecular flexibility index (Phi) is 6.89. The summed E-state index contributed by atoms with van der Waals surface area (Å²) in [4.78, 5) is 24.3. The first-order valence-corrected chi connectivity index (χ1v) is 10.5. The molecule has 0 aliphatic heterocycles. The molecule has 3 rings (SSSR count). The molecule has 0 spiro atoms. The highest BCUT2D eigenvalue weighted by Gasteiger charge is 2.25. The number of hydrogen-bond acceptors (Lipinski definition) is 5. The predicted octanol–water partition coefficient (Wildman–Crippen LogP) is 3.32. The number of carbonyl (C=O) groups excluding carboxylic acids is 2. The maximum atomic E-state index is 13.3. The Morgan fingerprint density at radius 2 is 1.87 bits per heavy atom. The normalized spacial score (nSPS) is 11.8. The van der Waals surface area contributed by atoms with Crippen LogP contribution < -0.4 is 11.1 Å². The number of primary amides is 1. The van der Waals surface area contributed by atoms with Gasteiger partial charge in [0.25, 0.3) is 0 Å². The van der Waals surface area contributed by atoms with Gasteiger partial charge in [-0.2, -0.15) is 0 Å². The van der Waals surface area contributed by atoms with Crippen molar-refractivity contribution < 1.29 is 9.59 Å². The second-order valence-corrected chi connectivity index (χ2v) is 8.21. The fourth-order valence-corrected chi connectivity index (χ4v) is 4.00.